The molecule has 0 aliphatic rings. The van der Waals surface area contributed by atoms with Crippen LogP contribution in [0.2, 0.25) is 0 Å². The Morgan fingerprint density at radius 1 is 1.36 bits per heavy atom. The number of aromatic nitrogens is 6. The molecular weight excluding hydrogens is 343 g/mol. The Balaban J connectivity index is 1.95. The molecule has 0 radical (unpaired) electrons. The van der Waals surface area contributed by atoms with Crippen LogP contribution in [0, 0.1) is 0 Å². The number of nitrogens with zero attached hydrogens (tertiary/aromatic N) is 6. The highest BCUT2D eigenvalue weighted by atomic mass is 19.4. The van der Waals surface area contributed by atoms with E-state index in [1.807, 2.05) is 0 Å². The monoisotopic (exact) mass is 355 g/mol. The molecule has 1 unspecified atom stereocenters. The fraction of sp³-hybridized carbons (Fsp3) is 0.308. The van der Waals surface area contributed by atoms with Gasteiger partial charge in [0.15, 0.2) is 0 Å². The SMILES string of the molecule is CC(C(N)=O)n1nnc2ncc(Oc3cc(C(F)(F)F)n(C)n3)cc21. The van der Waals surface area contributed by atoms with Crippen LogP contribution in [-0.4, -0.2) is 35.7 Å². The summed E-state index contributed by atoms with van der Waals surface area (Å²) < 4.78 is 45.6. The smallest absolute Gasteiger partial charge is 0.433 e. The van der Waals surface area contributed by atoms with Crippen LogP contribution in [0.15, 0.2) is 18.3 Å². The molecule has 0 saturated carbocycles. The van der Waals surface area contributed by atoms with Gasteiger partial charge in [0.1, 0.15) is 23.0 Å². The lowest BCUT2D eigenvalue weighted by Gasteiger charge is -2.08. The Hall–Kier alpha value is -3.18. The maximum Gasteiger partial charge on any atom is 0.433 e. The van der Waals surface area contributed by atoms with E-state index >= 15 is 0 Å². The molecule has 3 aromatic heterocycles. The van der Waals surface area contributed by atoms with Gasteiger partial charge in [0.2, 0.25) is 17.4 Å². The number of aryl methyl sites for hydroxylation is 1. The Bertz CT molecular complexity index is 947. The van der Waals surface area contributed by atoms with Crippen LogP contribution in [0.25, 0.3) is 11.2 Å². The highest BCUT2D eigenvalue weighted by Gasteiger charge is 2.35. The normalized spacial score (nSPS) is 13.2. The van der Waals surface area contributed by atoms with Gasteiger partial charge in [-0.05, 0) is 6.92 Å². The van der Waals surface area contributed by atoms with E-state index in [0.717, 1.165) is 13.1 Å². The molecule has 3 rings (SSSR count). The van der Waals surface area contributed by atoms with Gasteiger partial charge in [0.25, 0.3) is 0 Å². The van der Waals surface area contributed by atoms with Gasteiger partial charge in [-0.3, -0.25) is 9.48 Å². The van der Waals surface area contributed by atoms with Gasteiger partial charge in [-0.25, -0.2) is 9.67 Å². The summed E-state index contributed by atoms with van der Waals surface area (Å²) >= 11 is 0. The molecule has 1 atom stereocenters. The van der Waals surface area contributed by atoms with Crippen LogP contribution in [0.3, 0.4) is 0 Å². The molecule has 12 heteroatoms. The van der Waals surface area contributed by atoms with E-state index in [0.29, 0.717) is 10.2 Å². The third-order valence-electron chi connectivity index (χ3n) is 3.45. The Morgan fingerprint density at radius 2 is 2.08 bits per heavy atom. The minimum Gasteiger partial charge on any atom is -0.436 e. The van der Waals surface area contributed by atoms with Crippen molar-refractivity contribution in [3.05, 3.63) is 24.0 Å². The molecule has 0 bridgehead atoms. The van der Waals surface area contributed by atoms with Gasteiger partial charge in [0, 0.05) is 19.2 Å². The number of carbonyl (C=O) groups excluding carboxylic acids is 1. The summed E-state index contributed by atoms with van der Waals surface area (Å²) in [7, 11) is 1.16. The lowest BCUT2D eigenvalue weighted by atomic mass is 10.3. The van der Waals surface area contributed by atoms with E-state index < -0.39 is 23.8 Å². The number of carbonyl (C=O) groups is 1. The number of hydrogen-bond donors (Lipinski definition) is 1. The minimum atomic E-state index is -4.55. The van der Waals surface area contributed by atoms with Crippen LogP contribution >= 0.6 is 0 Å². The third-order valence-corrected chi connectivity index (χ3v) is 3.45. The summed E-state index contributed by atoms with van der Waals surface area (Å²) in [5, 5.41) is 11.2. The molecule has 3 heterocycles. The predicted molar refractivity (Wildman–Crippen MR) is 77.5 cm³/mol. The van der Waals surface area contributed by atoms with Crippen LogP contribution in [0.4, 0.5) is 13.2 Å². The first kappa shape index (κ1) is 16.7. The number of ether oxygens (including phenoxy) is 1. The quantitative estimate of drug-likeness (QED) is 0.757. The number of hydrogen-bond acceptors (Lipinski definition) is 6. The van der Waals surface area contributed by atoms with Gasteiger partial charge in [0.05, 0.1) is 6.20 Å². The Labute approximate surface area is 138 Å². The first-order valence-electron chi connectivity index (χ1n) is 6.96. The highest BCUT2D eigenvalue weighted by molar-refractivity contribution is 5.80. The summed E-state index contributed by atoms with van der Waals surface area (Å²) in [6.07, 6.45) is -3.29. The van der Waals surface area contributed by atoms with E-state index in [1.165, 1.54) is 23.9 Å². The van der Waals surface area contributed by atoms with Crippen molar-refractivity contribution in [1.29, 1.82) is 0 Å². The molecule has 0 aliphatic carbocycles. The molecule has 2 N–H and O–H groups in total. The molecule has 0 aromatic carbocycles. The molecular formula is C13H12F3N7O2. The molecule has 0 aliphatic heterocycles. The summed E-state index contributed by atoms with van der Waals surface area (Å²) in [5.41, 5.74) is 4.87. The number of primary amides is 1. The van der Waals surface area contributed by atoms with Gasteiger partial charge in [-0.15, -0.1) is 10.2 Å². The molecule has 25 heavy (non-hydrogen) atoms. The predicted octanol–water partition coefficient (Wildman–Crippen LogP) is 1.42. The van der Waals surface area contributed by atoms with Crippen molar-refractivity contribution in [2.45, 2.75) is 19.1 Å². The zero-order valence-electron chi connectivity index (χ0n) is 13.0. The standard InChI is InChI=1S/C13H12F3N7O2/c1-6(11(17)24)23-8-3-7(5-18-12(8)19-21-23)25-10-4-9(13(14,15)16)22(2)20-10/h3-6H,1-2H3,(H2,17,24). The van der Waals surface area contributed by atoms with E-state index in [2.05, 4.69) is 20.4 Å². The van der Waals surface area contributed by atoms with Crippen molar-refractivity contribution in [2.24, 2.45) is 12.8 Å². The van der Waals surface area contributed by atoms with E-state index in [9.17, 15) is 18.0 Å². The molecule has 1 amide bonds. The van der Waals surface area contributed by atoms with Crippen molar-refractivity contribution in [2.75, 3.05) is 0 Å². The number of fused-ring (bicyclic) bond motifs is 1. The van der Waals surface area contributed by atoms with Gasteiger partial charge < -0.3 is 10.5 Å². The zero-order valence-corrected chi connectivity index (χ0v) is 13.0. The first-order chi connectivity index (χ1) is 11.7. The Kier molecular flexibility index (Phi) is 3.81. The van der Waals surface area contributed by atoms with Crippen molar-refractivity contribution in [1.82, 2.24) is 29.8 Å². The summed E-state index contributed by atoms with van der Waals surface area (Å²) in [4.78, 5) is 15.3. The van der Waals surface area contributed by atoms with Crippen molar-refractivity contribution in [3.63, 3.8) is 0 Å². The number of amides is 1. The van der Waals surface area contributed by atoms with E-state index in [4.69, 9.17) is 10.5 Å². The average molecular weight is 355 g/mol. The zero-order chi connectivity index (χ0) is 18.4. The number of pyridine rings is 1. The van der Waals surface area contributed by atoms with Crippen LogP contribution < -0.4 is 10.5 Å². The summed E-state index contributed by atoms with van der Waals surface area (Å²) in [6.45, 7) is 1.53. The average Bonchev–Trinajstić information content (AvgIpc) is 3.09. The fourth-order valence-corrected chi connectivity index (χ4v) is 2.15. The molecule has 9 nitrogen and oxygen atoms in total. The first-order valence-corrected chi connectivity index (χ1v) is 6.96. The topological polar surface area (TPSA) is 114 Å². The largest absolute Gasteiger partial charge is 0.436 e. The molecule has 0 fully saturated rings. The van der Waals surface area contributed by atoms with Gasteiger partial charge in [-0.1, -0.05) is 5.21 Å². The van der Waals surface area contributed by atoms with Crippen LogP contribution in [0.1, 0.15) is 18.7 Å². The molecule has 0 spiro atoms. The maximum atomic E-state index is 12.8. The Morgan fingerprint density at radius 3 is 2.68 bits per heavy atom. The van der Waals surface area contributed by atoms with Crippen LogP contribution in [0.5, 0.6) is 11.6 Å². The second-order valence-electron chi connectivity index (χ2n) is 5.22. The van der Waals surface area contributed by atoms with Crippen molar-refractivity contribution < 1.29 is 22.7 Å². The number of nitrogens with two attached hydrogens (primary N) is 1. The lowest BCUT2D eigenvalue weighted by molar-refractivity contribution is -0.143. The maximum absolute atomic E-state index is 12.8. The fourth-order valence-electron chi connectivity index (χ4n) is 2.15. The van der Waals surface area contributed by atoms with Crippen molar-refractivity contribution >= 4 is 17.1 Å². The molecule has 3 aromatic rings. The summed E-state index contributed by atoms with van der Waals surface area (Å²) in [5.74, 6) is -0.768. The van der Waals surface area contributed by atoms with Gasteiger partial charge >= 0.3 is 6.18 Å². The van der Waals surface area contributed by atoms with Crippen LogP contribution in [-0.2, 0) is 18.0 Å². The van der Waals surface area contributed by atoms with E-state index in [-0.39, 0.29) is 17.3 Å². The molecule has 132 valence electrons. The van der Waals surface area contributed by atoms with Gasteiger partial charge in [-0.2, -0.15) is 13.2 Å². The lowest BCUT2D eigenvalue weighted by Crippen LogP contribution is -2.24. The number of rotatable bonds is 4. The third kappa shape index (κ3) is 3.09. The minimum absolute atomic E-state index is 0.111. The number of halogens is 3. The summed E-state index contributed by atoms with van der Waals surface area (Å²) in [6, 6.07) is 1.42. The second-order valence-corrected chi connectivity index (χ2v) is 5.22. The second kappa shape index (κ2) is 5.72. The highest BCUT2D eigenvalue weighted by Crippen LogP contribution is 2.32. The molecule has 0 saturated heterocycles. The van der Waals surface area contributed by atoms with Crippen molar-refractivity contribution in [3.8, 4) is 11.6 Å². The van der Waals surface area contributed by atoms with E-state index in [1.54, 1.807) is 0 Å². The number of alkyl halides is 3.